The van der Waals surface area contributed by atoms with E-state index in [1.807, 2.05) is 6.07 Å². The number of rotatable bonds is 4. The monoisotopic (exact) mass is 389 g/mol. The topological polar surface area (TPSA) is 37.4 Å². The van der Waals surface area contributed by atoms with E-state index in [1.54, 1.807) is 12.1 Å². The van der Waals surface area contributed by atoms with E-state index >= 15 is 0 Å². The Morgan fingerprint density at radius 1 is 1.30 bits per heavy atom. The Morgan fingerprint density at radius 2 is 2.00 bits per heavy atom. The van der Waals surface area contributed by atoms with Crippen molar-refractivity contribution < 1.29 is 22.8 Å². The number of carbonyl (C=O) groups is 2. The van der Waals surface area contributed by atoms with Crippen LogP contribution in [-0.2, 0) is 15.0 Å². The zero-order valence-corrected chi connectivity index (χ0v) is 13.8. The molecule has 0 saturated heterocycles. The van der Waals surface area contributed by atoms with Gasteiger partial charge in [0, 0.05) is 22.1 Å². The Balaban J connectivity index is 1.83. The molecule has 1 aliphatic heterocycles. The Bertz CT molecular complexity index is 668. The first-order valence-corrected chi connectivity index (χ1v) is 8.23. The highest BCUT2D eigenvalue weighted by Crippen LogP contribution is 2.55. The van der Waals surface area contributed by atoms with Gasteiger partial charge in [0.1, 0.15) is 0 Å². The summed E-state index contributed by atoms with van der Waals surface area (Å²) in [6.07, 6.45) is -3.74. The zero-order chi connectivity index (χ0) is 16.8. The molecule has 1 aromatic rings. The summed E-state index contributed by atoms with van der Waals surface area (Å²) in [6.45, 7) is -0.292. The fourth-order valence-corrected chi connectivity index (χ4v) is 4.11. The van der Waals surface area contributed by atoms with Gasteiger partial charge in [-0.2, -0.15) is 13.2 Å². The van der Waals surface area contributed by atoms with E-state index in [-0.39, 0.29) is 12.5 Å². The summed E-state index contributed by atoms with van der Waals surface area (Å²) in [6, 6.07) is 5.37. The molecule has 23 heavy (non-hydrogen) atoms. The molecule has 1 fully saturated rings. The first-order chi connectivity index (χ1) is 10.7. The highest BCUT2D eigenvalue weighted by molar-refractivity contribution is 9.10. The number of ketones is 1. The van der Waals surface area contributed by atoms with Gasteiger partial charge in [0.05, 0.1) is 18.4 Å². The number of nitrogens with zero attached hydrogens (tertiary/aromatic N) is 1. The molecular weight excluding hydrogens is 375 g/mol. The largest absolute Gasteiger partial charge is 0.389 e. The minimum Gasteiger partial charge on any atom is -0.304 e. The number of benzene rings is 1. The molecule has 0 bridgehead atoms. The maximum absolute atomic E-state index is 12.8. The molecule has 1 spiro atoms. The number of hydrogen-bond acceptors (Lipinski definition) is 2. The third kappa shape index (κ3) is 2.79. The van der Waals surface area contributed by atoms with Crippen molar-refractivity contribution >= 4 is 33.3 Å². The van der Waals surface area contributed by atoms with Crippen LogP contribution in [0.3, 0.4) is 0 Å². The number of carbonyl (C=O) groups excluding carboxylic acids is 2. The van der Waals surface area contributed by atoms with Crippen LogP contribution in [0.4, 0.5) is 18.9 Å². The van der Waals surface area contributed by atoms with E-state index in [0.717, 1.165) is 16.5 Å². The van der Waals surface area contributed by atoms with Gasteiger partial charge in [-0.15, -0.1) is 0 Å². The van der Waals surface area contributed by atoms with Crippen LogP contribution in [0.5, 0.6) is 0 Å². The van der Waals surface area contributed by atoms with Crippen molar-refractivity contribution in [2.75, 3.05) is 11.4 Å². The summed E-state index contributed by atoms with van der Waals surface area (Å²) in [5, 5.41) is 0. The first kappa shape index (κ1) is 16.5. The van der Waals surface area contributed by atoms with Crippen LogP contribution in [0, 0.1) is 0 Å². The van der Waals surface area contributed by atoms with Gasteiger partial charge in [-0.1, -0.05) is 28.4 Å². The normalized spacial score (nSPS) is 19.0. The van der Waals surface area contributed by atoms with Crippen LogP contribution >= 0.6 is 15.9 Å². The Hall–Kier alpha value is -1.37. The summed E-state index contributed by atoms with van der Waals surface area (Å²) in [5.41, 5.74) is 0.920. The van der Waals surface area contributed by atoms with Gasteiger partial charge in [0.25, 0.3) is 0 Å². The van der Waals surface area contributed by atoms with Crippen LogP contribution in [0.2, 0.25) is 0 Å². The minimum atomic E-state index is -4.36. The molecule has 0 atom stereocenters. The molecule has 0 unspecified atom stereocenters. The molecule has 0 aromatic heterocycles. The lowest BCUT2D eigenvalue weighted by Gasteiger charge is -2.37. The van der Waals surface area contributed by atoms with E-state index in [2.05, 4.69) is 15.9 Å². The van der Waals surface area contributed by atoms with Crippen molar-refractivity contribution in [3.8, 4) is 0 Å². The molecule has 7 heteroatoms. The van der Waals surface area contributed by atoms with E-state index in [4.69, 9.17) is 0 Å². The van der Waals surface area contributed by atoms with E-state index in [9.17, 15) is 22.8 Å². The predicted molar refractivity (Wildman–Crippen MR) is 82.3 cm³/mol. The highest BCUT2D eigenvalue weighted by atomic mass is 79.9. The molecular formula is C16H15BrF3NO2. The van der Waals surface area contributed by atoms with Crippen molar-refractivity contribution in [3.63, 3.8) is 0 Å². The molecule has 1 amide bonds. The van der Waals surface area contributed by atoms with Crippen molar-refractivity contribution in [2.45, 2.75) is 43.7 Å². The van der Waals surface area contributed by atoms with Crippen LogP contribution in [0.15, 0.2) is 22.7 Å². The SMILES string of the molecule is O=C(CCC(F)(F)F)CN1C(=O)C2(CCC2)c2c(Br)cccc21. The first-order valence-electron chi connectivity index (χ1n) is 7.44. The fourth-order valence-electron chi connectivity index (χ4n) is 3.37. The second kappa shape index (κ2) is 5.61. The quantitative estimate of drug-likeness (QED) is 0.776. The molecule has 1 aliphatic carbocycles. The average molecular weight is 390 g/mol. The van der Waals surface area contributed by atoms with Gasteiger partial charge in [0.2, 0.25) is 5.91 Å². The molecule has 3 nitrogen and oxygen atoms in total. The van der Waals surface area contributed by atoms with Crippen LogP contribution in [0.1, 0.15) is 37.7 Å². The summed E-state index contributed by atoms with van der Waals surface area (Å²) < 4.78 is 37.6. The molecule has 124 valence electrons. The van der Waals surface area contributed by atoms with Crippen molar-refractivity contribution in [2.24, 2.45) is 0 Å². The average Bonchev–Trinajstić information content (AvgIpc) is 2.67. The van der Waals surface area contributed by atoms with Gasteiger partial charge in [-0.05, 0) is 25.0 Å². The number of alkyl halides is 3. The molecule has 1 heterocycles. The van der Waals surface area contributed by atoms with Crippen molar-refractivity contribution in [1.29, 1.82) is 0 Å². The van der Waals surface area contributed by atoms with Gasteiger partial charge >= 0.3 is 6.18 Å². The fraction of sp³-hybridized carbons (Fsp3) is 0.500. The molecule has 1 aromatic carbocycles. The number of fused-ring (bicyclic) bond motifs is 2. The number of anilines is 1. The predicted octanol–water partition coefficient (Wildman–Crippen LogP) is 4.13. The summed E-state index contributed by atoms with van der Waals surface area (Å²) in [7, 11) is 0. The zero-order valence-electron chi connectivity index (χ0n) is 12.3. The van der Waals surface area contributed by atoms with Gasteiger partial charge < -0.3 is 4.90 Å². The Morgan fingerprint density at radius 3 is 2.57 bits per heavy atom. The number of amides is 1. The second-order valence-electron chi connectivity index (χ2n) is 6.11. The molecule has 0 radical (unpaired) electrons. The Labute approximate surface area is 140 Å². The van der Waals surface area contributed by atoms with E-state index in [0.29, 0.717) is 18.5 Å². The van der Waals surface area contributed by atoms with Crippen LogP contribution in [0.25, 0.3) is 0 Å². The number of Topliss-reactive ketones (excluding diaryl/α,β-unsaturated/α-hetero) is 1. The van der Waals surface area contributed by atoms with E-state index in [1.165, 1.54) is 4.90 Å². The van der Waals surface area contributed by atoms with Crippen molar-refractivity contribution in [3.05, 3.63) is 28.2 Å². The maximum Gasteiger partial charge on any atom is 0.389 e. The maximum atomic E-state index is 12.8. The summed E-state index contributed by atoms with van der Waals surface area (Å²) >= 11 is 3.46. The summed E-state index contributed by atoms with van der Waals surface area (Å²) in [5.74, 6) is -0.732. The minimum absolute atomic E-state index is 0.161. The second-order valence-corrected chi connectivity index (χ2v) is 6.97. The van der Waals surface area contributed by atoms with Crippen LogP contribution in [-0.4, -0.2) is 24.4 Å². The third-order valence-corrected chi connectivity index (χ3v) is 5.31. The molecule has 0 N–H and O–H groups in total. The lowest BCUT2D eigenvalue weighted by Crippen LogP contribution is -2.46. The standard InChI is InChI=1S/C16H15BrF3NO2/c17-11-3-1-4-12-13(11)15(6-2-7-15)14(23)21(12)9-10(22)5-8-16(18,19)20/h1,3-4H,2,5-9H2. The third-order valence-electron chi connectivity index (χ3n) is 4.64. The Kier molecular flexibility index (Phi) is 4.02. The molecule has 3 rings (SSSR count). The van der Waals surface area contributed by atoms with Gasteiger partial charge in [-0.3, -0.25) is 9.59 Å². The van der Waals surface area contributed by atoms with Crippen molar-refractivity contribution in [1.82, 2.24) is 0 Å². The number of hydrogen-bond donors (Lipinski definition) is 0. The highest BCUT2D eigenvalue weighted by Gasteiger charge is 2.55. The van der Waals surface area contributed by atoms with E-state index < -0.39 is 30.2 Å². The molecule has 2 aliphatic rings. The van der Waals surface area contributed by atoms with Gasteiger partial charge in [-0.25, -0.2) is 0 Å². The summed E-state index contributed by atoms with van der Waals surface area (Å²) in [4.78, 5) is 26.0. The molecule has 1 saturated carbocycles. The van der Waals surface area contributed by atoms with Gasteiger partial charge in [0.15, 0.2) is 5.78 Å². The van der Waals surface area contributed by atoms with Crippen LogP contribution < -0.4 is 4.90 Å². The lowest BCUT2D eigenvalue weighted by atomic mass is 9.65. The smallest absolute Gasteiger partial charge is 0.304 e. The number of halogens is 4. The lowest BCUT2D eigenvalue weighted by molar-refractivity contribution is -0.142.